The zero-order valence-electron chi connectivity index (χ0n) is 18.7. The number of nitriles is 1. The lowest BCUT2D eigenvalue weighted by Gasteiger charge is -2.13. The highest BCUT2D eigenvalue weighted by molar-refractivity contribution is 6.04. The minimum atomic E-state index is -0.379. The van der Waals surface area contributed by atoms with E-state index in [4.69, 9.17) is 24.2 Å². The molecule has 0 saturated carbocycles. The maximum atomic E-state index is 12.6. The third-order valence-electron chi connectivity index (χ3n) is 4.58. The average molecular weight is 461 g/mol. The Hall–Kier alpha value is -4.71. The highest BCUT2D eigenvalue weighted by atomic mass is 16.5. The molecule has 0 heterocycles. The lowest BCUT2D eigenvalue weighted by molar-refractivity contribution is -0.118. The number of rotatable bonds is 10. The van der Waals surface area contributed by atoms with Crippen molar-refractivity contribution in [2.24, 2.45) is 0 Å². The largest absolute Gasteiger partial charge is 0.495 e. The van der Waals surface area contributed by atoms with E-state index in [1.54, 1.807) is 60.7 Å². The smallest absolute Gasteiger partial charge is 0.262 e. The number of methoxy groups -OCH3 is 2. The van der Waals surface area contributed by atoms with Crippen LogP contribution in [-0.2, 0) is 4.79 Å². The molecule has 3 rings (SSSR count). The van der Waals surface area contributed by atoms with Gasteiger partial charge in [0.2, 0.25) is 0 Å². The van der Waals surface area contributed by atoms with E-state index in [2.05, 4.69) is 10.6 Å². The van der Waals surface area contributed by atoms with E-state index in [1.165, 1.54) is 20.3 Å². The Bertz CT molecular complexity index is 1190. The summed E-state index contributed by atoms with van der Waals surface area (Å²) in [6.45, 7) is -0.317. The van der Waals surface area contributed by atoms with Crippen LogP contribution in [0.5, 0.6) is 23.0 Å². The zero-order valence-corrected chi connectivity index (χ0v) is 18.7. The molecule has 174 valence electrons. The molecule has 0 aliphatic rings. The maximum Gasteiger partial charge on any atom is 0.262 e. The van der Waals surface area contributed by atoms with E-state index in [0.29, 0.717) is 39.9 Å². The van der Waals surface area contributed by atoms with Crippen LogP contribution in [-0.4, -0.2) is 39.2 Å². The number of para-hydroxylation sites is 2. The summed E-state index contributed by atoms with van der Waals surface area (Å²) in [5.41, 5.74) is 1.43. The van der Waals surface area contributed by atoms with Gasteiger partial charge in [-0.1, -0.05) is 12.1 Å². The van der Waals surface area contributed by atoms with Crippen LogP contribution in [0.1, 0.15) is 10.4 Å². The molecule has 9 heteroatoms. The molecule has 2 N–H and O–H groups in total. The number of carbonyl (C=O) groups is 2. The second kappa shape index (κ2) is 11.8. The second-order valence-electron chi connectivity index (χ2n) is 6.83. The molecule has 3 aromatic rings. The molecular formula is C25H23N3O6. The van der Waals surface area contributed by atoms with Crippen molar-refractivity contribution >= 4 is 23.2 Å². The van der Waals surface area contributed by atoms with E-state index in [9.17, 15) is 9.59 Å². The zero-order chi connectivity index (χ0) is 24.3. The van der Waals surface area contributed by atoms with Gasteiger partial charge in [-0.3, -0.25) is 9.59 Å². The van der Waals surface area contributed by atoms with Gasteiger partial charge in [0.15, 0.2) is 24.7 Å². The van der Waals surface area contributed by atoms with Crippen LogP contribution >= 0.6 is 0 Å². The van der Waals surface area contributed by atoms with E-state index < -0.39 is 0 Å². The van der Waals surface area contributed by atoms with Crippen LogP contribution < -0.4 is 29.6 Å². The van der Waals surface area contributed by atoms with Gasteiger partial charge in [-0.05, 0) is 54.6 Å². The molecule has 0 spiro atoms. The summed E-state index contributed by atoms with van der Waals surface area (Å²) >= 11 is 0. The number of nitrogens with one attached hydrogen (secondary N) is 2. The number of amides is 2. The van der Waals surface area contributed by atoms with Crippen LogP contribution in [0.3, 0.4) is 0 Å². The minimum Gasteiger partial charge on any atom is -0.495 e. The quantitative estimate of drug-likeness (QED) is 0.470. The highest BCUT2D eigenvalue weighted by Gasteiger charge is 2.14. The predicted molar refractivity (Wildman–Crippen MR) is 126 cm³/mol. The van der Waals surface area contributed by atoms with Crippen molar-refractivity contribution in [3.63, 3.8) is 0 Å². The summed E-state index contributed by atoms with van der Waals surface area (Å²) in [5.74, 6) is 0.942. The van der Waals surface area contributed by atoms with Crippen molar-refractivity contribution in [1.82, 2.24) is 0 Å². The summed E-state index contributed by atoms with van der Waals surface area (Å²) in [7, 11) is 2.96. The molecule has 34 heavy (non-hydrogen) atoms. The first-order chi connectivity index (χ1) is 16.5. The van der Waals surface area contributed by atoms with Crippen LogP contribution in [0.25, 0.3) is 0 Å². The Balaban J connectivity index is 1.60. The van der Waals surface area contributed by atoms with Crippen molar-refractivity contribution in [2.45, 2.75) is 0 Å². The number of hydrogen-bond donors (Lipinski definition) is 2. The van der Waals surface area contributed by atoms with Gasteiger partial charge in [-0.2, -0.15) is 5.26 Å². The van der Waals surface area contributed by atoms with Gasteiger partial charge in [0.1, 0.15) is 17.6 Å². The van der Waals surface area contributed by atoms with Gasteiger partial charge in [-0.25, -0.2) is 0 Å². The first-order valence-corrected chi connectivity index (χ1v) is 10.2. The fraction of sp³-hybridized carbons (Fsp3) is 0.160. The van der Waals surface area contributed by atoms with E-state index in [0.717, 1.165) is 0 Å². The first kappa shape index (κ1) is 23.9. The number of ether oxygens (including phenoxy) is 4. The summed E-state index contributed by atoms with van der Waals surface area (Å²) in [5, 5.41) is 14.0. The third-order valence-corrected chi connectivity index (χ3v) is 4.58. The van der Waals surface area contributed by atoms with Crippen molar-refractivity contribution in [2.75, 3.05) is 38.1 Å². The molecule has 2 amide bonds. The van der Waals surface area contributed by atoms with Crippen LogP contribution in [0.15, 0.2) is 66.7 Å². The number of hydrogen-bond acceptors (Lipinski definition) is 7. The van der Waals surface area contributed by atoms with Crippen molar-refractivity contribution in [3.8, 4) is 29.1 Å². The Morgan fingerprint density at radius 2 is 1.59 bits per heavy atom. The Morgan fingerprint density at radius 3 is 2.29 bits per heavy atom. The maximum absolute atomic E-state index is 12.6. The van der Waals surface area contributed by atoms with Crippen LogP contribution in [0.2, 0.25) is 0 Å². The number of benzene rings is 3. The van der Waals surface area contributed by atoms with E-state index in [1.807, 2.05) is 6.07 Å². The third kappa shape index (κ3) is 6.40. The van der Waals surface area contributed by atoms with Crippen molar-refractivity contribution in [3.05, 3.63) is 72.3 Å². The summed E-state index contributed by atoms with van der Waals surface area (Å²) in [6, 6.07) is 20.2. The lowest BCUT2D eigenvalue weighted by atomic mass is 10.2. The molecule has 0 saturated heterocycles. The SMILES string of the molecule is COc1ccccc1NC(=O)COc1ccc(C(=O)Nc2ccc(OCC#N)cc2)cc1OC. The molecule has 0 bridgehead atoms. The molecular weight excluding hydrogens is 438 g/mol. The lowest BCUT2D eigenvalue weighted by Crippen LogP contribution is -2.20. The average Bonchev–Trinajstić information content (AvgIpc) is 2.87. The summed E-state index contributed by atoms with van der Waals surface area (Å²) < 4.78 is 21.3. The topological polar surface area (TPSA) is 119 Å². The van der Waals surface area contributed by atoms with Gasteiger partial charge in [0.05, 0.1) is 19.9 Å². The molecule has 9 nitrogen and oxygen atoms in total. The second-order valence-corrected chi connectivity index (χ2v) is 6.83. The first-order valence-electron chi connectivity index (χ1n) is 10.2. The predicted octanol–water partition coefficient (Wildman–Crippen LogP) is 3.88. The molecule has 0 aliphatic heterocycles. The summed E-state index contributed by atoms with van der Waals surface area (Å²) in [4.78, 5) is 24.9. The van der Waals surface area contributed by atoms with Crippen LogP contribution in [0.4, 0.5) is 11.4 Å². The highest BCUT2D eigenvalue weighted by Crippen LogP contribution is 2.29. The molecule has 0 unspecified atom stereocenters. The van der Waals surface area contributed by atoms with Gasteiger partial charge >= 0.3 is 0 Å². The molecule has 0 aliphatic carbocycles. The standard InChI is InChI=1S/C25H23N3O6/c1-31-21-6-4-3-5-20(21)28-24(29)16-34-22-12-7-17(15-23(22)32-2)25(30)27-18-8-10-19(11-9-18)33-14-13-26/h3-12,15H,14,16H2,1-2H3,(H,27,30)(H,28,29). The normalized spacial score (nSPS) is 9.91. The number of carbonyl (C=O) groups excluding carboxylic acids is 2. The fourth-order valence-electron chi connectivity index (χ4n) is 2.96. The molecule has 0 atom stereocenters. The molecule has 0 radical (unpaired) electrons. The fourth-order valence-corrected chi connectivity index (χ4v) is 2.96. The van der Waals surface area contributed by atoms with Crippen molar-refractivity contribution in [1.29, 1.82) is 5.26 Å². The minimum absolute atomic E-state index is 0.0535. The van der Waals surface area contributed by atoms with E-state index >= 15 is 0 Å². The van der Waals surface area contributed by atoms with Gasteiger partial charge in [0, 0.05) is 11.3 Å². The molecule has 3 aromatic carbocycles. The Kier molecular flexibility index (Phi) is 8.30. The molecule has 0 aromatic heterocycles. The number of nitrogens with zero attached hydrogens (tertiary/aromatic N) is 1. The Morgan fingerprint density at radius 1 is 0.853 bits per heavy atom. The van der Waals surface area contributed by atoms with Crippen LogP contribution in [0, 0.1) is 11.3 Å². The van der Waals surface area contributed by atoms with Gasteiger partial charge < -0.3 is 29.6 Å². The number of anilines is 2. The molecule has 0 fully saturated rings. The van der Waals surface area contributed by atoms with Gasteiger partial charge in [-0.15, -0.1) is 0 Å². The van der Waals surface area contributed by atoms with Gasteiger partial charge in [0.25, 0.3) is 11.8 Å². The van der Waals surface area contributed by atoms with Crippen molar-refractivity contribution < 1.29 is 28.5 Å². The summed E-state index contributed by atoms with van der Waals surface area (Å²) in [6.07, 6.45) is 0. The Labute approximate surface area is 196 Å². The monoisotopic (exact) mass is 461 g/mol. The van der Waals surface area contributed by atoms with E-state index in [-0.39, 0.29) is 25.0 Å².